The number of hydrogen-bond acceptors (Lipinski definition) is 6. The zero-order chi connectivity index (χ0) is 26.1. The Bertz CT molecular complexity index is 982. The second kappa shape index (κ2) is 14.1. The van der Waals surface area contributed by atoms with Gasteiger partial charge in [-0.15, -0.1) is 11.8 Å². The van der Waals surface area contributed by atoms with Gasteiger partial charge in [-0.05, 0) is 81.7 Å². The van der Waals surface area contributed by atoms with Crippen LogP contribution in [0.15, 0.2) is 46.2 Å². The number of ether oxygens (including phenoxy) is 2. The van der Waals surface area contributed by atoms with Gasteiger partial charge >= 0.3 is 0 Å². The summed E-state index contributed by atoms with van der Waals surface area (Å²) < 4.78 is 28.0. The molecule has 5 nitrogen and oxygen atoms in total. The van der Waals surface area contributed by atoms with Gasteiger partial charge in [0.25, 0.3) is 5.91 Å². The topological polar surface area (TPSA) is 50.8 Å². The van der Waals surface area contributed by atoms with Crippen LogP contribution in [-0.2, 0) is 9.53 Å². The number of nitrogens with zero attached hydrogens (tertiary/aromatic N) is 1. The van der Waals surface area contributed by atoms with Crippen molar-refractivity contribution in [2.45, 2.75) is 60.0 Å². The van der Waals surface area contributed by atoms with Gasteiger partial charge in [0.15, 0.2) is 5.75 Å². The molecule has 1 aliphatic carbocycles. The van der Waals surface area contributed by atoms with E-state index in [9.17, 15) is 9.18 Å². The van der Waals surface area contributed by atoms with Crippen LogP contribution in [0.5, 0.6) is 5.75 Å². The molecule has 0 aliphatic heterocycles. The predicted molar refractivity (Wildman–Crippen MR) is 148 cm³/mol. The zero-order valence-corrected chi connectivity index (χ0v) is 24.0. The Hall–Kier alpha value is -1.16. The number of thioether (sulfide) groups is 1. The van der Waals surface area contributed by atoms with E-state index >= 15 is 0 Å². The van der Waals surface area contributed by atoms with E-state index in [1.807, 2.05) is 14.1 Å². The van der Waals surface area contributed by atoms with Crippen molar-refractivity contribution >= 4 is 52.8 Å². The number of nitrogens with one attached hydrogen (secondary N) is 1. The summed E-state index contributed by atoms with van der Waals surface area (Å²) in [6.07, 6.45) is 5.11. The summed E-state index contributed by atoms with van der Waals surface area (Å²) in [6.45, 7) is 0.825. The van der Waals surface area contributed by atoms with Crippen LogP contribution >= 0.6 is 46.9 Å². The molecule has 36 heavy (non-hydrogen) atoms. The maximum absolute atomic E-state index is 13.2. The normalized spacial score (nSPS) is 16.1. The summed E-state index contributed by atoms with van der Waals surface area (Å²) >= 11 is 15.9. The van der Waals surface area contributed by atoms with Crippen molar-refractivity contribution < 1.29 is 18.7 Å². The van der Waals surface area contributed by atoms with Crippen molar-refractivity contribution in [2.75, 3.05) is 33.5 Å². The Balaban J connectivity index is 1.65. The molecule has 0 saturated heterocycles. The fraction of sp³-hybridized carbons (Fsp3) is 0.500. The molecule has 0 radical (unpaired) electrons. The third-order valence-corrected chi connectivity index (χ3v) is 8.60. The van der Waals surface area contributed by atoms with Crippen molar-refractivity contribution in [1.29, 1.82) is 0 Å². The first kappa shape index (κ1) is 29.4. The van der Waals surface area contributed by atoms with Crippen LogP contribution < -0.4 is 9.46 Å². The molecule has 1 fully saturated rings. The van der Waals surface area contributed by atoms with Crippen molar-refractivity contribution in [2.24, 2.45) is 0 Å². The summed E-state index contributed by atoms with van der Waals surface area (Å²) in [4.78, 5) is 16.6. The van der Waals surface area contributed by atoms with Crippen LogP contribution in [0.3, 0.4) is 0 Å². The van der Waals surface area contributed by atoms with Crippen molar-refractivity contribution in [1.82, 2.24) is 9.62 Å². The number of carbonyl (C=O) groups is 1. The predicted octanol–water partition coefficient (Wildman–Crippen LogP) is 7.10. The largest absolute Gasteiger partial charge is 0.486 e. The highest BCUT2D eigenvalue weighted by atomic mass is 35.5. The van der Waals surface area contributed by atoms with Gasteiger partial charge in [0.2, 0.25) is 0 Å². The third-order valence-electron chi connectivity index (χ3n) is 6.13. The van der Waals surface area contributed by atoms with Crippen molar-refractivity contribution in [3.8, 4) is 5.75 Å². The molecule has 0 heterocycles. The average Bonchev–Trinajstić information content (AvgIpc) is 2.87. The number of amides is 1. The first-order chi connectivity index (χ1) is 17.2. The van der Waals surface area contributed by atoms with Gasteiger partial charge in [-0.2, -0.15) is 0 Å². The van der Waals surface area contributed by atoms with Crippen LogP contribution in [0.25, 0.3) is 0 Å². The van der Waals surface area contributed by atoms with Gasteiger partial charge in [-0.3, -0.25) is 9.52 Å². The second-order valence-electron chi connectivity index (χ2n) is 9.11. The monoisotopic (exact) mass is 574 g/mol. The quantitative estimate of drug-likeness (QED) is 0.215. The summed E-state index contributed by atoms with van der Waals surface area (Å²) in [5.41, 5.74) is -0.774. The van der Waals surface area contributed by atoms with E-state index in [-0.39, 0.29) is 17.8 Å². The minimum Gasteiger partial charge on any atom is -0.486 e. The first-order valence-electron chi connectivity index (χ1n) is 11.9. The fourth-order valence-electron chi connectivity index (χ4n) is 4.02. The van der Waals surface area contributed by atoms with Crippen LogP contribution in [0.4, 0.5) is 4.39 Å². The Kier molecular flexibility index (Phi) is 11.5. The van der Waals surface area contributed by atoms with Crippen LogP contribution in [-0.4, -0.2) is 56.0 Å². The number of halogens is 3. The Morgan fingerprint density at radius 2 is 1.75 bits per heavy atom. The smallest absolute Gasteiger partial charge is 0.262 e. The third kappa shape index (κ3) is 8.43. The summed E-state index contributed by atoms with van der Waals surface area (Å²) in [5.74, 6) is 0.670. The van der Waals surface area contributed by atoms with Gasteiger partial charge < -0.3 is 14.4 Å². The summed E-state index contributed by atoms with van der Waals surface area (Å²) in [7, 11) is 5.60. The van der Waals surface area contributed by atoms with E-state index < -0.39 is 5.60 Å². The molecule has 1 amide bonds. The molecule has 2 aromatic rings. The van der Waals surface area contributed by atoms with Gasteiger partial charge in [-0.1, -0.05) is 42.5 Å². The van der Waals surface area contributed by atoms with E-state index in [0.29, 0.717) is 39.3 Å². The van der Waals surface area contributed by atoms with Crippen molar-refractivity contribution in [3.05, 3.63) is 52.3 Å². The molecule has 1 N–H and O–H groups in total. The molecule has 1 unspecified atom stereocenters. The average molecular weight is 576 g/mol. The number of rotatable bonds is 12. The van der Waals surface area contributed by atoms with E-state index in [1.54, 1.807) is 43.1 Å². The molecule has 198 valence electrons. The molecule has 10 heteroatoms. The van der Waals surface area contributed by atoms with Crippen LogP contribution in [0, 0.1) is 5.82 Å². The summed E-state index contributed by atoms with van der Waals surface area (Å²) in [6, 6.07) is 9.89. The zero-order valence-electron chi connectivity index (χ0n) is 20.8. The number of hydrogen-bond donors (Lipinski definition) is 1. The standard InChI is InChI=1S/C26H33Cl2FN2O3S2/c1-31(2)14-11-19(17-35-20-9-7-18(29)8-10-20)34-24-22(27)15-21(16-23(24)28)36-30-25(32)26(33-3)12-5-4-6-13-26/h7-10,15-16,19H,4-6,11-14,17H2,1-3H3,(H,30,32). The van der Waals surface area contributed by atoms with Gasteiger partial charge in [0.1, 0.15) is 17.5 Å². The molecule has 1 aliphatic rings. The highest BCUT2D eigenvalue weighted by Gasteiger charge is 2.39. The molecule has 1 atom stereocenters. The first-order valence-corrected chi connectivity index (χ1v) is 14.5. The fourth-order valence-corrected chi connectivity index (χ4v) is 6.42. The lowest BCUT2D eigenvalue weighted by Gasteiger charge is -2.34. The second-order valence-corrected chi connectivity index (χ2v) is 11.9. The lowest BCUT2D eigenvalue weighted by Crippen LogP contribution is -2.47. The molecule has 0 bridgehead atoms. The maximum Gasteiger partial charge on any atom is 0.262 e. The van der Waals surface area contributed by atoms with E-state index in [0.717, 1.165) is 37.1 Å². The summed E-state index contributed by atoms with van der Waals surface area (Å²) in [5, 5.41) is 0.750. The SMILES string of the molecule is COC1(C(=O)NSc2cc(Cl)c(OC(CCN(C)C)CSc3ccc(F)cc3)c(Cl)c2)CCCCC1. The van der Waals surface area contributed by atoms with E-state index in [1.165, 1.54) is 24.1 Å². The number of benzene rings is 2. The van der Waals surface area contributed by atoms with Crippen LogP contribution in [0.2, 0.25) is 10.0 Å². The highest BCUT2D eigenvalue weighted by Crippen LogP contribution is 2.39. The number of methoxy groups -OCH3 is 1. The molecular weight excluding hydrogens is 542 g/mol. The minimum atomic E-state index is -0.774. The van der Waals surface area contributed by atoms with Gasteiger partial charge in [0, 0.05) is 29.2 Å². The highest BCUT2D eigenvalue weighted by molar-refractivity contribution is 7.99. The lowest BCUT2D eigenvalue weighted by atomic mass is 9.84. The molecule has 3 rings (SSSR count). The Morgan fingerprint density at radius 3 is 2.33 bits per heavy atom. The van der Waals surface area contributed by atoms with Gasteiger partial charge in [0.05, 0.1) is 10.0 Å². The van der Waals surface area contributed by atoms with E-state index in [2.05, 4.69) is 9.62 Å². The maximum atomic E-state index is 13.2. The molecule has 0 spiro atoms. The van der Waals surface area contributed by atoms with Gasteiger partial charge in [-0.25, -0.2) is 4.39 Å². The van der Waals surface area contributed by atoms with Crippen molar-refractivity contribution in [3.63, 3.8) is 0 Å². The van der Waals surface area contributed by atoms with E-state index in [4.69, 9.17) is 32.7 Å². The lowest BCUT2D eigenvalue weighted by molar-refractivity contribution is -0.145. The Morgan fingerprint density at radius 1 is 1.11 bits per heavy atom. The Labute approximate surface area is 231 Å². The molecule has 1 saturated carbocycles. The molecule has 2 aromatic carbocycles. The van der Waals surface area contributed by atoms with Crippen LogP contribution in [0.1, 0.15) is 38.5 Å². The molecular formula is C26H33Cl2FN2O3S2. The number of carbonyl (C=O) groups excluding carboxylic acids is 1. The molecule has 0 aromatic heterocycles. The minimum absolute atomic E-state index is 0.135.